The molecule has 0 saturated carbocycles. The maximum absolute atomic E-state index is 12.0. The zero-order chi connectivity index (χ0) is 12.4. The molecule has 17 heavy (non-hydrogen) atoms. The number of aromatic nitrogens is 2. The van der Waals surface area contributed by atoms with E-state index >= 15 is 0 Å². The second kappa shape index (κ2) is 4.17. The highest BCUT2D eigenvalue weighted by Crippen LogP contribution is 2.19. The Hall–Kier alpha value is -2.50. The molecule has 0 fully saturated rings. The van der Waals surface area contributed by atoms with Gasteiger partial charge >= 0.3 is 5.82 Å². The van der Waals surface area contributed by atoms with Crippen molar-refractivity contribution in [2.45, 2.75) is 0 Å². The predicted molar refractivity (Wildman–Crippen MR) is 59.7 cm³/mol. The van der Waals surface area contributed by atoms with Crippen molar-refractivity contribution in [2.24, 2.45) is 7.05 Å². The summed E-state index contributed by atoms with van der Waals surface area (Å²) < 4.78 is 1.26. The van der Waals surface area contributed by atoms with Crippen molar-refractivity contribution in [1.29, 1.82) is 0 Å². The molecule has 0 aliphatic heterocycles. The fourth-order valence-electron chi connectivity index (χ4n) is 1.52. The van der Waals surface area contributed by atoms with Crippen molar-refractivity contribution in [1.82, 2.24) is 9.78 Å². The Morgan fingerprint density at radius 2 is 2.00 bits per heavy atom. The minimum atomic E-state index is -0.657. The van der Waals surface area contributed by atoms with Gasteiger partial charge in [-0.15, -0.1) is 0 Å². The predicted octanol–water partition coefficient (Wildman–Crippen LogP) is 1.56. The first-order valence-electron chi connectivity index (χ1n) is 4.87. The van der Waals surface area contributed by atoms with Gasteiger partial charge in [0.05, 0.1) is 18.3 Å². The fraction of sp³-hybridized carbons (Fsp3) is 0.0909. The van der Waals surface area contributed by atoms with Crippen LogP contribution in [-0.4, -0.2) is 20.5 Å². The Kier molecular flexibility index (Phi) is 2.70. The first-order valence-corrected chi connectivity index (χ1v) is 4.87. The van der Waals surface area contributed by atoms with Gasteiger partial charge in [-0.25, -0.2) is 0 Å². The van der Waals surface area contributed by atoms with E-state index in [0.29, 0.717) is 5.56 Å². The van der Waals surface area contributed by atoms with Gasteiger partial charge in [0.1, 0.15) is 5.56 Å². The van der Waals surface area contributed by atoms with Gasteiger partial charge in [0.2, 0.25) is 5.78 Å². The number of nitrogens with zero attached hydrogens (tertiary/aromatic N) is 3. The monoisotopic (exact) mass is 231 g/mol. The largest absolute Gasteiger partial charge is 0.401 e. The van der Waals surface area contributed by atoms with Crippen molar-refractivity contribution in [2.75, 3.05) is 0 Å². The van der Waals surface area contributed by atoms with Gasteiger partial charge in [-0.3, -0.25) is 4.79 Å². The molecule has 0 saturated heterocycles. The minimum absolute atomic E-state index is 0.00343. The highest BCUT2D eigenvalue weighted by Gasteiger charge is 2.25. The Morgan fingerprint density at radius 3 is 2.59 bits per heavy atom. The number of rotatable bonds is 3. The summed E-state index contributed by atoms with van der Waals surface area (Å²) in [5.74, 6) is -0.813. The van der Waals surface area contributed by atoms with E-state index in [0.717, 1.165) is 0 Å². The van der Waals surface area contributed by atoms with E-state index in [4.69, 9.17) is 0 Å². The van der Waals surface area contributed by atoms with Crippen LogP contribution in [0.25, 0.3) is 0 Å². The summed E-state index contributed by atoms with van der Waals surface area (Å²) in [5.41, 5.74) is 0.410. The van der Waals surface area contributed by atoms with Crippen LogP contribution in [-0.2, 0) is 7.05 Å². The second-order valence-corrected chi connectivity index (χ2v) is 3.49. The number of hydrogen-bond acceptors (Lipinski definition) is 4. The summed E-state index contributed by atoms with van der Waals surface area (Å²) in [5, 5.41) is 14.4. The second-order valence-electron chi connectivity index (χ2n) is 3.49. The van der Waals surface area contributed by atoms with E-state index in [2.05, 4.69) is 5.10 Å². The number of carbonyl (C=O) groups is 1. The number of benzene rings is 1. The van der Waals surface area contributed by atoms with Crippen molar-refractivity contribution < 1.29 is 9.72 Å². The number of ketones is 1. The standard InChI is InChI=1S/C11H9N3O3/c1-13-7-9(11(12-13)14(16)17)10(15)8-5-3-2-4-6-8/h2-7H,1H3. The number of carbonyl (C=O) groups excluding carboxylic acids is 1. The molecule has 1 aromatic carbocycles. The average molecular weight is 231 g/mol. The molecule has 1 heterocycles. The van der Waals surface area contributed by atoms with Gasteiger partial charge in [0, 0.05) is 5.56 Å². The van der Waals surface area contributed by atoms with Crippen LogP contribution in [0.4, 0.5) is 5.82 Å². The molecule has 0 N–H and O–H groups in total. The molecule has 2 rings (SSSR count). The molecule has 0 amide bonds. The summed E-state index contributed by atoms with van der Waals surface area (Å²) in [6.45, 7) is 0. The van der Waals surface area contributed by atoms with E-state index in [1.165, 1.54) is 17.9 Å². The van der Waals surface area contributed by atoms with Crippen LogP contribution in [0.1, 0.15) is 15.9 Å². The summed E-state index contributed by atoms with van der Waals surface area (Å²) in [6.07, 6.45) is 1.35. The lowest BCUT2D eigenvalue weighted by molar-refractivity contribution is -0.390. The molecule has 0 unspecified atom stereocenters. The smallest absolute Gasteiger partial charge is 0.358 e. The highest BCUT2D eigenvalue weighted by molar-refractivity contribution is 6.10. The normalized spacial score (nSPS) is 10.2. The molecular weight excluding hydrogens is 222 g/mol. The maximum atomic E-state index is 12.0. The van der Waals surface area contributed by atoms with Crippen molar-refractivity contribution in [3.8, 4) is 0 Å². The molecule has 1 aromatic heterocycles. The van der Waals surface area contributed by atoms with Crippen LogP contribution < -0.4 is 0 Å². The third kappa shape index (κ3) is 2.05. The van der Waals surface area contributed by atoms with E-state index in [1.54, 1.807) is 30.3 Å². The minimum Gasteiger partial charge on any atom is -0.358 e. The van der Waals surface area contributed by atoms with E-state index in [1.807, 2.05) is 0 Å². The zero-order valence-electron chi connectivity index (χ0n) is 9.03. The molecule has 0 aliphatic rings. The van der Waals surface area contributed by atoms with Crippen molar-refractivity contribution >= 4 is 11.6 Å². The van der Waals surface area contributed by atoms with Crippen molar-refractivity contribution in [3.05, 3.63) is 57.8 Å². The Balaban J connectivity index is 2.48. The molecular formula is C11H9N3O3. The van der Waals surface area contributed by atoms with Crippen LogP contribution >= 0.6 is 0 Å². The Bertz CT molecular complexity index is 575. The lowest BCUT2D eigenvalue weighted by Crippen LogP contribution is -2.03. The van der Waals surface area contributed by atoms with E-state index < -0.39 is 16.5 Å². The molecule has 0 aliphatic carbocycles. The van der Waals surface area contributed by atoms with E-state index in [-0.39, 0.29) is 5.56 Å². The molecule has 0 bridgehead atoms. The molecule has 86 valence electrons. The lowest BCUT2D eigenvalue weighted by Gasteiger charge is -1.96. The molecule has 0 atom stereocenters. The van der Waals surface area contributed by atoms with Gasteiger partial charge in [-0.2, -0.15) is 4.68 Å². The summed E-state index contributed by atoms with van der Waals surface area (Å²) in [7, 11) is 1.54. The highest BCUT2D eigenvalue weighted by atomic mass is 16.6. The number of aryl methyl sites for hydroxylation is 1. The van der Waals surface area contributed by atoms with Gasteiger partial charge in [-0.05, 0) is 4.92 Å². The topological polar surface area (TPSA) is 78.0 Å². The lowest BCUT2D eigenvalue weighted by atomic mass is 10.1. The fourth-order valence-corrected chi connectivity index (χ4v) is 1.52. The Labute approximate surface area is 96.6 Å². The van der Waals surface area contributed by atoms with Crippen molar-refractivity contribution in [3.63, 3.8) is 0 Å². The third-order valence-corrected chi connectivity index (χ3v) is 2.26. The van der Waals surface area contributed by atoms with Crippen LogP contribution in [0.2, 0.25) is 0 Å². The van der Waals surface area contributed by atoms with Crippen LogP contribution in [0.5, 0.6) is 0 Å². The van der Waals surface area contributed by atoms with Crippen LogP contribution in [0.3, 0.4) is 0 Å². The summed E-state index contributed by atoms with van der Waals surface area (Å²) in [4.78, 5) is 22.1. The first kappa shape index (κ1) is 11.0. The third-order valence-electron chi connectivity index (χ3n) is 2.26. The van der Waals surface area contributed by atoms with Gasteiger partial charge in [0.15, 0.2) is 0 Å². The summed E-state index contributed by atoms with van der Waals surface area (Å²) in [6, 6.07) is 8.40. The van der Waals surface area contributed by atoms with Crippen LogP contribution in [0, 0.1) is 10.1 Å². The van der Waals surface area contributed by atoms with E-state index in [9.17, 15) is 14.9 Å². The molecule has 6 nitrogen and oxygen atoms in total. The zero-order valence-corrected chi connectivity index (χ0v) is 9.03. The molecule has 2 aromatic rings. The van der Waals surface area contributed by atoms with Crippen LogP contribution in [0.15, 0.2) is 36.5 Å². The molecule has 0 spiro atoms. The molecule has 0 radical (unpaired) electrons. The average Bonchev–Trinajstić information content (AvgIpc) is 2.72. The molecule has 6 heteroatoms. The number of hydrogen-bond donors (Lipinski definition) is 0. The SMILES string of the molecule is Cn1cc(C(=O)c2ccccc2)c([N+](=O)[O-])n1. The Morgan fingerprint density at radius 1 is 1.35 bits per heavy atom. The van der Waals surface area contributed by atoms with Gasteiger partial charge < -0.3 is 10.1 Å². The van der Waals surface area contributed by atoms with Gasteiger partial charge in [-0.1, -0.05) is 30.3 Å². The summed E-state index contributed by atoms with van der Waals surface area (Å²) >= 11 is 0. The first-order chi connectivity index (χ1) is 8.09. The maximum Gasteiger partial charge on any atom is 0.401 e. The number of nitro groups is 1. The quantitative estimate of drug-likeness (QED) is 0.456. The van der Waals surface area contributed by atoms with Gasteiger partial charge in [0.25, 0.3) is 0 Å².